The molecule has 0 amide bonds. The number of carbonyl (C=O) groups is 1. The number of aromatic amines is 1. The van der Waals surface area contributed by atoms with E-state index in [1.165, 1.54) is 6.33 Å². The van der Waals surface area contributed by atoms with Crippen molar-refractivity contribution in [3.63, 3.8) is 0 Å². The van der Waals surface area contributed by atoms with Crippen LogP contribution in [0.3, 0.4) is 0 Å². The van der Waals surface area contributed by atoms with E-state index in [4.69, 9.17) is 5.11 Å². The number of nitrogens with one attached hydrogen (secondary N) is 1. The molecule has 70 valence electrons. The van der Waals surface area contributed by atoms with Gasteiger partial charge in [0.15, 0.2) is 0 Å². The van der Waals surface area contributed by atoms with Crippen LogP contribution >= 0.6 is 24.8 Å². The van der Waals surface area contributed by atoms with Crippen molar-refractivity contribution >= 4 is 30.8 Å². The highest BCUT2D eigenvalue weighted by atomic mass is 35.5. The molecule has 1 aromatic heterocycles. The van der Waals surface area contributed by atoms with E-state index in [-0.39, 0.29) is 31.2 Å². The van der Waals surface area contributed by atoms with Crippen LogP contribution in [0.5, 0.6) is 0 Å². The van der Waals surface area contributed by atoms with Gasteiger partial charge in [0.1, 0.15) is 0 Å². The van der Waals surface area contributed by atoms with E-state index >= 15 is 0 Å². The molecule has 0 atom stereocenters. The fraction of sp³-hybridized carbons (Fsp3) is 0.333. The van der Waals surface area contributed by atoms with Crippen molar-refractivity contribution < 1.29 is 9.90 Å². The van der Waals surface area contributed by atoms with Crippen molar-refractivity contribution in [2.45, 2.75) is 12.8 Å². The normalized spacial score (nSPS) is 8.00. The second kappa shape index (κ2) is 6.94. The van der Waals surface area contributed by atoms with E-state index in [0.29, 0.717) is 6.42 Å². The van der Waals surface area contributed by atoms with Gasteiger partial charge in [-0.15, -0.1) is 24.8 Å². The van der Waals surface area contributed by atoms with E-state index < -0.39 is 5.97 Å². The summed E-state index contributed by atoms with van der Waals surface area (Å²) < 4.78 is 0. The van der Waals surface area contributed by atoms with Gasteiger partial charge in [-0.2, -0.15) is 0 Å². The van der Waals surface area contributed by atoms with Crippen molar-refractivity contribution in [2.24, 2.45) is 0 Å². The summed E-state index contributed by atoms with van der Waals surface area (Å²) in [5.41, 5.74) is 0.863. The topological polar surface area (TPSA) is 66.0 Å². The maximum atomic E-state index is 10.1. The molecular weight excluding hydrogens is 203 g/mol. The number of aromatic nitrogens is 2. The van der Waals surface area contributed by atoms with Gasteiger partial charge in [0.25, 0.3) is 0 Å². The molecule has 0 aliphatic carbocycles. The predicted molar refractivity (Wildman–Crippen MR) is 49.0 cm³/mol. The zero-order chi connectivity index (χ0) is 7.40. The lowest BCUT2D eigenvalue weighted by Gasteiger charge is -1.89. The highest BCUT2D eigenvalue weighted by Crippen LogP contribution is 1.95. The van der Waals surface area contributed by atoms with Gasteiger partial charge < -0.3 is 10.1 Å². The molecule has 1 aromatic rings. The minimum Gasteiger partial charge on any atom is -0.481 e. The van der Waals surface area contributed by atoms with Crippen LogP contribution in [0.2, 0.25) is 0 Å². The molecule has 0 unspecified atom stereocenters. The molecule has 1 rings (SSSR count). The van der Waals surface area contributed by atoms with Crippen LogP contribution in [0.25, 0.3) is 0 Å². The van der Waals surface area contributed by atoms with Crippen LogP contribution in [-0.4, -0.2) is 21.0 Å². The fourth-order valence-electron chi connectivity index (χ4n) is 0.663. The molecule has 0 bridgehead atoms. The van der Waals surface area contributed by atoms with Crippen LogP contribution in [0.1, 0.15) is 12.1 Å². The maximum absolute atomic E-state index is 10.1. The third kappa shape index (κ3) is 4.98. The van der Waals surface area contributed by atoms with Gasteiger partial charge in [-0.1, -0.05) is 0 Å². The first-order chi connectivity index (χ1) is 4.79. The first-order valence-electron chi connectivity index (χ1n) is 2.98. The first kappa shape index (κ1) is 13.8. The smallest absolute Gasteiger partial charge is 0.303 e. The Morgan fingerprint density at radius 3 is 2.67 bits per heavy atom. The van der Waals surface area contributed by atoms with Crippen molar-refractivity contribution in [2.75, 3.05) is 0 Å². The lowest BCUT2D eigenvalue weighted by atomic mass is 10.2. The summed E-state index contributed by atoms with van der Waals surface area (Å²) >= 11 is 0. The Bertz CT molecular complexity index is 213. The second-order valence-electron chi connectivity index (χ2n) is 1.97. The average Bonchev–Trinajstić information content (AvgIpc) is 2.34. The molecule has 2 N–H and O–H groups in total. The van der Waals surface area contributed by atoms with Gasteiger partial charge in [0.2, 0.25) is 0 Å². The Balaban J connectivity index is 0. The maximum Gasteiger partial charge on any atom is 0.303 e. The van der Waals surface area contributed by atoms with Crippen LogP contribution in [0.15, 0.2) is 12.5 Å². The van der Waals surface area contributed by atoms with Gasteiger partial charge in [-0.25, -0.2) is 4.98 Å². The minimum atomic E-state index is -0.783. The largest absolute Gasteiger partial charge is 0.481 e. The number of H-pyrrole nitrogens is 1. The number of hydrogen-bond donors (Lipinski definition) is 2. The van der Waals surface area contributed by atoms with Crippen LogP contribution in [0.4, 0.5) is 0 Å². The molecule has 0 aliphatic heterocycles. The van der Waals surface area contributed by atoms with E-state index in [0.717, 1.165) is 5.69 Å². The zero-order valence-electron chi connectivity index (χ0n) is 6.19. The van der Waals surface area contributed by atoms with E-state index in [9.17, 15) is 4.79 Å². The molecule has 0 radical (unpaired) electrons. The molecule has 0 fully saturated rings. The van der Waals surface area contributed by atoms with Crippen molar-refractivity contribution in [3.8, 4) is 0 Å². The Kier molecular flexibility index (Phi) is 7.99. The number of nitrogens with zero attached hydrogens (tertiary/aromatic N) is 1. The molecule has 0 spiro atoms. The highest BCUT2D eigenvalue weighted by Gasteiger charge is 1.98. The molecular formula is C6H10Cl2N2O2. The van der Waals surface area contributed by atoms with Crippen molar-refractivity contribution in [1.82, 2.24) is 9.97 Å². The minimum absolute atomic E-state index is 0. The molecule has 4 nitrogen and oxygen atoms in total. The number of imidazole rings is 1. The number of carboxylic acid groups (broad SMARTS) is 1. The van der Waals surface area contributed by atoms with Crippen LogP contribution in [0, 0.1) is 0 Å². The Morgan fingerprint density at radius 2 is 2.25 bits per heavy atom. The van der Waals surface area contributed by atoms with Crippen molar-refractivity contribution in [3.05, 3.63) is 18.2 Å². The van der Waals surface area contributed by atoms with E-state index in [1.807, 2.05) is 0 Å². The molecule has 0 saturated carbocycles. The predicted octanol–water partition coefficient (Wildman–Crippen LogP) is 1.27. The SMILES string of the molecule is Cl.Cl.O=C(O)CCc1cnc[nH]1. The first-order valence-corrected chi connectivity index (χ1v) is 2.98. The lowest BCUT2D eigenvalue weighted by Crippen LogP contribution is -1.97. The number of halogens is 2. The summed E-state index contributed by atoms with van der Waals surface area (Å²) in [6.07, 6.45) is 3.84. The summed E-state index contributed by atoms with van der Waals surface area (Å²) in [7, 11) is 0. The van der Waals surface area contributed by atoms with Gasteiger partial charge in [0.05, 0.1) is 12.7 Å². The fourth-order valence-corrected chi connectivity index (χ4v) is 0.663. The zero-order valence-corrected chi connectivity index (χ0v) is 7.82. The summed E-state index contributed by atoms with van der Waals surface area (Å²) in [6.45, 7) is 0. The Hall–Kier alpha value is -0.740. The molecule has 0 aromatic carbocycles. The van der Waals surface area contributed by atoms with E-state index in [2.05, 4.69) is 9.97 Å². The monoisotopic (exact) mass is 212 g/mol. The summed E-state index contributed by atoms with van der Waals surface area (Å²) in [4.78, 5) is 16.6. The Labute approximate surface area is 82.2 Å². The van der Waals surface area contributed by atoms with Gasteiger partial charge in [-0.3, -0.25) is 4.79 Å². The van der Waals surface area contributed by atoms with E-state index in [1.54, 1.807) is 6.20 Å². The quantitative estimate of drug-likeness (QED) is 0.794. The third-order valence-corrected chi connectivity index (χ3v) is 1.16. The van der Waals surface area contributed by atoms with Crippen LogP contribution in [-0.2, 0) is 11.2 Å². The molecule has 6 heteroatoms. The molecule has 0 aliphatic rings. The summed E-state index contributed by atoms with van der Waals surface area (Å²) in [5.74, 6) is -0.783. The molecule has 12 heavy (non-hydrogen) atoms. The average molecular weight is 213 g/mol. The third-order valence-electron chi connectivity index (χ3n) is 1.16. The Morgan fingerprint density at radius 1 is 1.58 bits per heavy atom. The van der Waals surface area contributed by atoms with Gasteiger partial charge in [-0.05, 0) is 6.42 Å². The summed E-state index contributed by atoms with van der Waals surface area (Å²) in [5, 5.41) is 8.28. The number of aliphatic carboxylic acids is 1. The second-order valence-corrected chi connectivity index (χ2v) is 1.97. The highest BCUT2D eigenvalue weighted by molar-refractivity contribution is 5.85. The van der Waals surface area contributed by atoms with Gasteiger partial charge >= 0.3 is 5.97 Å². The summed E-state index contributed by atoms with van der Waals surface area (Å²) in [6, 6.07) is 0. The van der Waals surface area contributed by atoms with Crippen LogP contribution < -0.4 is 0 Å². The lowest BCUT2D eigenvalue weighted by molar-refractivity contribution is -0.136. The van der Waals surface area contributed by atoms with Gasteiger partial charge in [0, 0.05) is 11.9 Å². The number of carboxylic acids is 1. The van der Waals surface area contributed by atoms with Crippen molar-refractivity contribution in [1.29, 1.82) is 0 Å². The standard InChI is InChI=1S/C6H8N2O2.2ClH/c9-6(10)2-1-5-3-7-4-8-5;;/h3-4H,1-2H2,(H,7,8)(H,9,10);2*1H. The number of rotatable bonds is 3. The molecule has 1 heterocycles. The number of aryl methyl sites for hydroxylation is 1. The molecule has 0 saturated heterocycles. The number of hydrogen-bond acceptors (Lipinski definition) is 2.